The Morgan fingerprint density at radius 1 is 0.962 bits per heavy atom. The molecule has 0 heterocycles. The molecule has 0 radical (unpaired) electrons. The van der Waals surface area contributed by atoms with Gasteiger partial charge in [0.25, 0.3) is 0 Å². The van der Waals surface area contributed by atoms with Crippen molar-refractivity contribution in [1.82, 2.24) is 0 Å². The van der Waals surface area contributed by atoms with Crippen LogP contribution in [0.25, 0.3) is 0 Å². The predicted octanol–water partition coefficient (Wildman–Crippen LogP) is 4.71. The highest BCUT2D eigenvalue weighted by molar-refractivity contribution is 7.86. The van der Waals surface area contributed by atoms with Crippen molar-refractivity contribution in [2.24, 2.45) is 5.16 Å². The first-order valence-electron chi connectivity index (χ1n) is 9.17. The fourth-order valence-electron chi connectivity index (χ4n) is 4.31. The Hall–Kier alpha value is -2.14. The summed E-state index contributed by atoms with van der Waals surface area (Å²) in [7, 11) is -3.90. The van der Waals surface area contributed by atoms with Crippen LogP contribution in [0.15, 0.2) is 58.6 Å². The summed E-state index contributed by atoms with van der Waals surface area (Å²) in [6, 6.07) is 14.8. The van der Waals surface area contributed by atoms with Crippen molar-refractivity contribution in [3.63, 3.8) is 0 Å². The van der Waals surface area contributed by atoms with Gasteiger partial charge in [-0.1, -0.05) is 66.4 Å². The van der Waals surface area contributed by atoms with Crippen molar-refractivity contribution >= 4 is 15.8 Å². The quantitative estimate of drug-likeness (QED) is 0.736. The van der Waals surface area contributed by atoms with E-state index in [4.69, 9.17) is 4.28 Å². The molecule has 4 nitrogen and oxygen atoms in total. The molecular weight excluding hydrogens is 346 g/mol. The van der Waals surface area contributed by atoms with Crippen molar-refractivity contribution in [3.8, 4) is 0 Å². The zero-order chi connectivity index (χ0) is 18.2. The van der Waals surface area contributed by atoms with Crippen molar-refractivity contribution in [2.75, 3.05) is 0 Å². The lowest BCUT2D eigenvalue weighted by Gasteiger charge is -2.34. The minimum Gasteiger partial charge on any atom is -0.264 e. The van der Waals surface area contributed by atoms with E-state index in [9.17, 15) is 8.42 Å². The Labute approximate surface area is 155 Å². The highest BCUT2D eigenvalue weighted by Crippen LogP contribution is 2.48. The molecule has 5 heteroatoms. The highest BCUT2D eigenvalue weighted by atomic mass is 32.2. The average molecular weight is 369 g/mol. The van der Waals surface area contributed by atoms with Gasteiger partial charge >= 0.3 is 10.1 Å². The molecule has 1 saturated carbocycles. The lowest BCUT2D eigenvalue weighted by Crippen LogP contribution is -2.26. The number of benzene rings is 2. The van der Waals surface area contributed by atoms with Gasteiger partial charge in [0.05, 0.1) is 5.71 Å². The van der Waals surface area contributed by atoms with Gasteiger partial charge in [-0.25, -0.2) is 0 Å². The zero-order valence-corrected chi connectivity index (χ0v) is 15.8. The first kappa shape index (κ1) is 17.3. The molecule has 2 aliphatic rings. The van der Waals surface area contributed by atoms with E-state index in [0.717, 1.165) is 36.1 Å². The smallest absolute Gasteiger partial charge is 0.264 e. The fraction of sp³-hybridized carbons (Fsp3) is 0.381. The van der Waals surface area contributed by atoms with Crippen LogP contribution in [0.4, 0.5) is 0 Å². The summed E-state index contributed by atoms with van der Waals surface area (Å²) in [6.07, 6.45) is 6.72. The fourth-order valence-corrected chi connectivity index (χ4v) is 5.05. The minimum absolute atomic E-state index is 0.102. The monoisotopic (exact) mass is 369 g/mol. The normalized spacial score (nSPS) is 20.3. The van der Waals surface area contributed by atoms with Crippen LogP contribution in [-0.4, -0.2) is 14.1 Å². The lowest BCUT2D eigenvalue weighted by molar-refractivity contribution is 0.303. The molecule has 1 fully saturated rings. The number of hydrogen-bond acceptors (Lipinski definition) is 4. The van der Waals surface area contributed by atoms with E-state index in [2.05, 4.69) is 17.3 Å². The number of rotatable bonds is 3. The van der Waals surface area contributed by atoms with Crippen molar-refractivity contribution in [1.29, 1.82) is 0 Å². The molecule has 1 spiro atoms. The Bertz CT molecular complexity index is 939. The summed E-state index contributed by atoms with van der Waals surface area (Å²) in [4.78, 5) is 0.131. The second-order valence-corrected chi connectivity index (χ2v) is 8.97. The van der Waals surface area contributed by atoms with Crippen LogP contribution in [0.5, 0.6) is 0 Å². The van der Waals surface area contributed by atoms with E-state index in [1.54, 1.807) is 24.3 Å². The van der Waals surface area contributed by atoms with Crippen LogP contribution in [0, 0.1) is 6.92 Å². The topological polar surface area (TPSA) is 55.7 Å². The van der Waals surface area contributed by atoms with Gasteiger partial charge in [-0.05, 0) is 37.5 Å². The molecule has 0 saturated heterocycles. The van der Waals surface area contributed by atoms with Crippen LogP contribution in [0.3, 0.4) is 0 Å². The average Bonchev–Trinajstić information content (AvgIpc) is 2.95. The van der Waals surface area contributed by atoms with Crippen LogP contribution in [-0.2, 0) is 19.8 Å². The molecule has 0 atom stereocenters. The Morgan fingerprint density at radius 3 is 2.38 bits per heavy atom. The Kier molecular flexibility index (Phi) is 4.35. The van der Waals surface area contributed by atoms with E-state index in [-0.39, 0.29) is 10.3 Å². The Morgan fingerprint density at radius 2 is 1.65 bits per heavy atom. The second-order valence-electron chi connectivity index (χ2n) is 7.44. The maximum atomic E-state index is 12.5. The largest absolute Gasteiger partial charge is 0.358 e. The predicted molar refractivity (Wildman–Crippen MR) is 102 cm³/mol. The van der Waals surface area contributed by atoms with Gasteiger partial charge < -0.3 is 0 Å². The molecule has 0 unspecified atom stereocenters. The number of nitrogens with zero attached hydrogens (tertiary/aromatic N) is 1. The molecule has 0 bridgehead atoms. The summed E-state index contributed by atoms with van der Waals surface area (Å²) < 4.78 is 30.0. The summed E-state index contributed by atoms with van der Waals surface area (Å²) >= 11 is 0. The van der Waals surface area contributed by atoms with Crippen LogP contribution in [0.2, 0.25) is 0 Å². The van der Waals surface area contributed by atoms with Gasteiger partial charge in [0, 0.05) is 17.4 Å². The lowest BCUT2D eigenvalue weighted by atomic mass is 9.70. The van der Waals surface area contributed by atoms with Crippen molar-refractivity contribution in [3.05, 3.63) is 65.2 Å². The van der Waals surface area contributed by atoms with Crippen LogP contribution in [0.1, 0.15) is 55.2 Å². The molecule has 2 aromatic carbocycles. The molecule has 4 rings (SSSR count). The van der Waals surface area contributed by atoms with Crippen molar-refractivity contribution in [2.45, 2.75) is 55.8 Å². The molecule has 2 aliphatic carbocycles. The number of oxime groups is 1. The summed E-state index contributed by atoms with van der Waals surface area (Å²) in [5.41, 5.74) is 4.19. The molecule has 2 aromatic rings. The SMILES string of the molecule is Cc1ccc(S(=O)(=O)O/N=C2/CC3(CCCCC3)c3ccccc32)cc1. The first-order valence-corrected chi connectivity index (χ1v) is 10.6. The van der Waals surface area contributed by atoms with Crippen molar-refractivity contribution < 1.29 is 12.7 Å². The van der Waals surface area contributed by atoms with Gasteiger partial charge in [-0.2, -0.15) is 8.42 Å². The van der Waals surface area contributed by atoms with Gasteiger partial charge in [0.15, 0.2) is 0 Å². The zero-order valence-electron chi connectivity index (χ0n) is 14.9. The molecule has 0 amide bonds. The third kappa shape index (κ3) is 3.05. The third-order valence-corrected chi connectivity index (χ3v) is 6.80. The van der Waals surface area contributed by atoms with E-state index in [1.807, 2.05) is 19.1 Å². The standard InChI is InChI=1S/C21H23NO3S/c1-16-9-11-17(12-10-16)26(23,24)25-22-20-15-21(13-5-2-6-14-21)19-8-4-3-7-18(19)20/h3-4,7-12H,2,5-6,13-15H2,1H3/b22-20-. The van der Waals surface area contributed by atoms with E-state index in [0.29, 0.717) is 0 Å². The van der Waals surface area contributed by atoms with Gasteiger partial charge in [-0.3, -0.25) is 4.28 Å². The summed E-state index contributed by atoms with van der Waals surface area (Å²) in [5, 5.41) is 4.11. The highest BCUT2D eigenvalue weighted by Gasteiger charge is 2.42. The number of fused-ring (bicyclic) bond motifs is 2. The van der Waals surface area contributed by atoms with E-state index in [1.165, 1.54) is 24.8 Å². The second kappa shape index (κ2) is 6.54. The molecule has 0 aliphatic heterocycles. The molecule has 0 aromatic heterocycles. The third-order valence-electron chi connectivity index (χ3n) is 5.68. The van der Waals surface area contributed by atoms with Crippen LogP contribution >= 0.6 is 0 Å². The minimum atomic E-state index is -3.90. The van der Waals surface area contributed by atoms with Crippen LogP contribution < -0.4 is 0 Å². The van der Waals surface area contributed by atoms with Gasteiger partial charge in [0.2, 0.25) is 0 Å². The van der Waals surface area contributed by atoms with E-state index >= 15 is 0 Å². The molecule has 26 heavy (non-hydrogen) atoms. The van der Waals surface area contributed by atoms with Gasteiger partial charge in [-0.15, -0.1) is 0 Å². The molecule has 136 valence electrons. The summed E-state index contributed by atoms with van der Waals surface area (Å²) in [5.74, 6) is 0. The van der Waals surface area contributed by atoms with E-state index < -0.39 is 10.1 Å². The van der Waals surface area contributed by atoms with Gasteiger partial charge in [0.1, 0.15) is 4.90 Å². The molecule has 0 N–H and O–H groups in total. The summed E-state index contributed by atoms with van der Waals surface area (Å²) in [6.45, 7) is 1.91. The molecular formula is C21H23NO3S. The number of aryl methyl sites for hydroxylation is 1. The maximum absolute atomic E-state index is 12.5. The number of hydrogen-bond donors (Lipinski definition) is 0. The first-order chi connectivity index (χ1) is 12.5. The Balaban J connectivity index is 1.65. The maximum Gasteiger partial charge on any atom is 0.358 e.